The van der Waals surface area contributed by atoms with E-state index in [-0.39, 0.29) is 23.6 Å². The lowest BCUT2D eigenvalue weighted by atomic mass is 9.57. The van der Waals surface area contributed by atoms with Crippen molar-refractivity contribution in [2.24, 2.45) is 5.92 Å². The number of carbonyl (C=O) groups is 3. The van der Waals surface area contributed by atoms with Gasteiger partial charge >= 0.3 is 0 Å². The third-order valence-electron chi connectivity index (χ3n) is 8.04. The Morgan fingerprint density at radius 1 is 0.886 bits per heavy atom. The van der Waals surface area contributed by atoms with Crippen LogP contribution in [0.25, 0.3) is 0 Å². The van der Waals surface area contributed by atoms with Crippen molar-refractivity contribution < 1.29 is 14.4 Å². The van der Waals surface area contributed by atoms with Crippen LogP contribution in [0, 0.1) is 5.92 Å². The summed E-state index contributed by atoms with van der Waals surface area (Å²) in [5, 5.41) is 6.12. The van der Waals surface area contributed by atoms with Crippen LogP contribution in [-0.2, 0) is 20.5 Å². The molecule has 2 amide bonds. The van der Waals surface area contributed by atoms with Crippen molar-refractivity contribution in [1.29, 1.82) is 0 Å². The van der Waals surface area contributed by atoms with Crippen molar-refractivity contribution in [3.8, 4) is 0 Å². The second kappa shape index (κ2) is 7.29. The maximum atomic E-state index is 14.4. The molecule has 6 nitrogen and oxygen atoms in total. The Balaban J connectivity index is 1.58. The zero-order chi connectivity index (χ0) is 23.9. The molecule has 0 aliphatic carbocycles. The Hall–Kier alpha value is -2.94. The van der Waals surface area contributed by atoms with E-state index in [0.29, 0.717) is 34.1 Å². The van der Waals surface area contributed by atoms with Crippen LogP contribution in [0.3, 0.4) is 0 Å². The van der Waals surface area contributed by atoms with E-state index in [9.17, 15) is 14.4 Å². The summed E-state index contributed by atoms with van der Waals surface area (Å²) in [5.41, 5.74) is 0.635. The maximum Gasteiger partial charge on any atom is 0.251 e. The number of Topliss-reactive ketones (excluding diaryl/α,β-unsaturated/α-hetero) is 1. The van der Waals surface area contributed by atoms with Crippen molar-refractivity contribution in [3.63, 3.8) is 0 Å². The van der Waals surface area contributed by atoms with Gasteiger partial charge in [0.15, 0.2) is 5.78 Å². The highest BCUT2D eigenvalue weighted by atomic mass is 79.9. The molecule has 2 N–H and O–H groups in total. The normalized spacial score (nSPS) is 30.3. The van der Waals surface area contributed by atoms with E-state index in [1.165, 1.54) is 0 Å². The lowest BCUT2D eigenvalue weighted by Crippen LogP contribution is -2.62. The lowest BCUT2D eigenvalue weighted by Gasteiger charge is -2.43. The number of carbonyl (C=O) groups excluding carboxylic acids is 3. The van der Waals surface area contributed by atoms with Gasteiger partial charge in [0, 0.05) is 44.6 Å². The Morgan fingerprint density at radius 2 is 1.51 bits per heavy atom. The van der Waals surface area contributed by atoms with Crippen LogP contribution in [0.2, 0.25) is 0 Å². The molecule has 4 atom stereocenters. The fourth-order valence-corrected chi connectivity index (χ4v) is 8.42. The molecule has 174 valence electrons. The average molecular weight is 546 g/mol. The SMILES string of the molecule is O=C(c1ccc(Br)cc1)[C@@H]1[C@H]2CSCN2[C@]2(C(=O)Nc3ccccc32)[C@@]12C(=O)Nc1ccccc12. The van der Waals surface area contributed by atoms with E-state index in [4.69, 9.17) is 0 Å². The molecule has 4 heterocycles. The van der Waals surface area contributed by atoms with Crippen molar-refractivity contribution >= 4 is 56.7 Å². The third-order valence-corrected chi connectivity index (χ3v) is 9.60. The Morgan fingerprint density at radius 3 is 2.26 bits per heavy atom. The highest BCUT2D eigenvalue weighted by molar-refractivity contribution is 9.10. The number of benzene rings is 3. The van der Waals surface area contributed by atoms with Gasteiger partial charge in [-0.05, 0) is 29.8 Å². The Kier molecular flexibility index (Phi) is 4.45. The minimum atomic E-state index is -1.41. The van der Waals surface area contributed by atoms with Gasteiger partial charge < -0.3 is 10.6 Å². The summed E-state index contributed by atoms with van der Waals surface area (Å²) in [6, 6.07) is 22.1. The maximum absolute atomic E-state index is 14.4. The molecule has 35 heavy (non-hydrogen) atoms. The first kappa shape index (κ1) is 21.4. The third kappa shape index (κ3) is 2.42. The van der Waals surface area contributed by atoms with Gasteiger partial charge in [-0.2, -0.15) is 0 Å². The van der Waals surface area contributed by atoms with Gasteiger partial charge in [0.2, 0.25) is 5.91 Å². The minimum absolute atomic E-state index is 0.115. The molecule has 0 saturated carbocycles. The molecule has 0 unspecified atom stereocenters. The Bertz CT molecular complexity index is 1440. The fourth-order valence-electron chi connectivity index (χ4n) is 6.85. The highest BCUT2D eigenvalue weighted by Crippen LogP contribution is 2.67. The van der Waals surface area contributed by atoms with Crippen LogP contribution >= 0.6 is 27.7 Å². The second-order valence-corrected chi connectivity index (χ2v) is 11.3. The summed E-state index contributed by atoms with van der Waals surface area (Å²) in [6.45, 7) is 0. The van der Waals surface area contributed by atoms with E-state index < -0.39 is 16.9 Å². The van der Waals surface area contributed by atoms with E-state index in [1.54, 1.807) is 23.9 Å². The molecular weight excluding hydrogens is 526 g/mol. The van der Waals surface area contributed by atoms with Gasteiger partial charge in [0.25, 0.3) is 5.91 Å². The van der Waals surface area contributed by atoms with Gasteiger partial charge in [-0.1, -0.05) is 64.5 Å². The second-order valence-electron chi connectivity index (χ2n) is 9.40. The number of fused-ring (bicyclic) bond motifs is 7. The fraction of sp³-hybridized carbons (Fsp3) is 0.222. The standard InChI is InChI=1S/C27H20BrN3O3S/c28-16-11-9-15(10-12-16)23(32)22-21-13-35-14-31(21)27(18-6-2-4-8-20(18)30-25(27)34)26(22)17-5-1-3-7-19(17)29-24(26)33/h1-12,21-22H,13-14H2,(H,29,33)(H,30,34)/t21-,22+,26-,27-/m1/s1. The summed E-state index contributed by atoms with van der Waals surface area (Å²) in [6.07, 6.45) is 0. The quantitative estimate of drug-likeness (QED) is 0.467. The van der Waals surface area contributed by atoms with Crippen molar-refractivity contribution in [1.82, 2.24) is 4.90 Å². The molecule has 4 aliphatic heterocycles. The molecule has 3 aromatic rings. The molecule has 2 saturated heterocycles. The average Bonchev–Trinajstić information content (AvgIpc) is 3.58. The first-order chi connectivity index (χ1) is 17.0. The molecule has 2 spiro atoms. The van der Waals surface area contributed by atoms with Crippen molar-refractivity contribution in [3.05, 3.63) is 94.0 Å². The number of hydrogen-bond donors (Lipinski definition) is 2. The largest absolute Gasteiger partial charge is 0.325 e. The molecular formula is C27H20BrN3O3S. The van der Waals surface area contributed by atoms with Crippen LogP contribution in [0.1, 0.15) is 21.5 Å². The lowest BCUT2D eigenvalue weighted by molar-refractivity contribution is -0.137. The smallest absolute Gasteiger partial charge is 0.251 e. The summed E-state index contributed by atoms with van der Waals surface area (Å²) >= 11 is 5.15. The zero-order valence-electron chi connectivity index (χ0n) is 18.5. The number of nitrogens with zero attached hydrogens (tertiary/aromatic N) is 1. The van der Waals surface area contributed by atoms with Crippen LogP contribution in [0.5, 0.6) is 0 Å². The van der Waals surface area contributed by atoms with Crippen LogP contribution in [0.4, 0.5) is 11.4 Å². The Labute approximate surface area is 214 Å². The molecule has 7 rings (SSSR count). The summed E-state index contributed by atoms with van der Waals surface area (Å²) in [4.78, 5) is 45.1. The summed E-state index contributed by atoms with van der Waals surface area (Å²) < 4.78 is 0.873. The van der Waals surface area contributed by atoms with E-state index in [2.05, 4.69) is 31.5 Å². The van der Waals surface area contributed by atoms with E-state index >= 15 is 0 Å². The molecule has 3 aromatic carbocycles. The topological polar surface area (TPSA) is 78.5 Å². The molecule has 8 heteroatoms. The molecule has 0 aromatic heterocycles. The summed E-state index contributed by atoms with van der Waals surface area (Å²) in [5.74, 6) is -0.158. The first-order valence-electron chi connectivity index (χ1n) is 11.5. The van der Waals surface area contributed by atoms with Crippen molar-refractivity contribution in [2.45, 2.75) is 17.0 Å². The van der Waals surface area contributed by atoms with E-state index in [1.807, 2.05) is 60.7 Å². The monoisotopic (exact) mass is 545 g/mol. The number of thioether (sulfide) groups is 1. The minimum Gasteiger partial charge on any atom is -0.325 e. The van der Waals surface area contributed by atoms with Crippen LogP contribution in [0.15, 0.2) is 77.3 Å². The number of ketones is 1. The van der Waals surface area contributed by atoms with Gasteiger partial charge in [-0.25, -0.2) is 0 Å². The summed E-state index contributed by atoms with van der Waals surface area (Å²) in [7, 11) is 0. The van der Waals surface area contributed by atoms with Gasteiger partial charge in [-0.3, -0.25) is 19.3 Å². The number of nitrogens with one attached hydrogen (secondary N) is 2. The van der Waals surface area contributed by atoms with Crippen LogP contribution in [-0.4, -0.2) is 40.2 Å². The van der Waals surface area contributed by atoms with Gasteiger partial charge in [0.1, 0.15) is 11.0 Å². The highest BCUT2D eigenvalue weighted by Gasteiger charge is 2.81. The van der Waals surface area contributed by atoms with Crippen molar-refractivity contribution in [2.75, 3.05) is 22.3 Å². The predicted molar refractivity (Wildman–Crippen MR) is 138 cm³/mol. The molecule has 0 radical (unpaired) electrons. The van der Waals surface area contributed by atoms with Gasteiger partial charge in [-0.15, -0.1) is 11.8 Å². The zero-order valence-corrected chi connectivity index (χ0v) is 20.9. The van der Waals surface area contributed by atoms with E-state index in [0.717, 1.165) is 10.0 Å². The molecule has 0 bridgehead atoms. The first-order valence-corrected chi connectivity index (χ1v) is 13.4. The molecule has 2 fully saturated rings. The number of para-hydroxylation sites is 2. The number of rotatable bonds is 2. The number of halogens is 1. The number of hydrogen-bond acceptors (Lipinski definition) is 5. The van der Waals surface area contributed by atoms with Gasteiger partial charge in [0.05, 0.1) is 5.92 Å². The predicted octanol–water partition coefficient (Wildman–Crippen LogP) is 4.37. The van der Waals surface area contributed by atoms with Crippen LogP contribution < -0.4 is 10.6 Å². The molecule has 4 aliphatic rings. The number of anilines is 2. The number of amides is 2.